The maximum Gasteiger partial charge on any atom is 0.488 e. The molecule has 12 rings (SSSR count). The molecule has 3 aliphatic heterocycles. The molecule has 0 bridgehead atoms. The van der Waals surface area contributed by atoms with Crippen LogP contribution in [-0.4, -0.2) is 130 Å². The Morgan fingerprint density at radius 3 is 1.24 bits per heavy atom. The molecule has 0 amide bonds. The van der Waals surface area contributed by atoms with Crippen molar-refractivity contribution in [2.24, 2.45) is 0 Å². The van der Waals surface area contributed by atoms with Crippen LogP contribution in [0.5, 0.6) is 17.2 Å². The van der Waals surface area contributed by atoms with Gasteiger partial charge >= 0.3 is 7.12 Å². The molecule has 0 radical (unpaired) electrons. The lowest BCUT2D eigenvalue weighted by Crippen LogP contribution is -2.30. The van der Waals surface area contributed by atoms with E-state index in [0.717, 1.165) is 157 Å². The number of aromatic nitrogens is 9. The van der Waals surface area contributed by atoms with E-state index in [9.17, 15) is 9.50 Å². The van der Waals surface area contributed by atoms with E-state index in [2.05, 4.69) is 95.7 Å². The van der Waals surface area contributed by atoms with E-state index in [4.69, 9.17) is 58.5 Å². The molecule has 0 unspecified atom stereocenters. The molecule has 488 valence electrons. The Morgan fingerprint density at radius 2 is 0.848 bits per heavy atom. The highest BCUT2D eigenvalue weighted by atomic mass is 79.9. The van der Waals surface area contributed by atoms with Gasteiger partial charge < -0.3 is 62.4 Å². The molecule has 0 spiro atoms. The van der Waals surface area contributed by atoms with Gasteiger partial charge in [-0.05, 0) is 155 Å². The molecule has 6 aromatic heterocycles. The van der Waals surface area contributed by atoms with Gasteiger partial charge in [0.15, 0.2) is 0 Å². The molecule has 0 saturated carbocycles. The molecule has 3 aliphatic rings. The Hall–Kier alpha value is -7.38. The van der Waals surface area contributed by atoms with Crippen LogP contribution in [0.1, 0.15) is 88.7 Å². The third kappa shape index (κ3) is 16.7. The van der Waals surface area contributed by atoms with Gasteiger partial charge in [0.05, 0.1) is 126 Å². The molecule has 19 nitrogen and oxygen atoms in total. The van der Waals surface area contributed by atoms with Crippen LogP contribution in [0.4, 0.5) is 4.39 Å². The monoisotopic (exact) mass is 1340 g/mol. The minimum Gasteiger partial charge on any atom is -0.496 e. The first-order valence-corrected chi connectivity index (χ1v) is 31.3. The van der Waals surface area contributed by atoms with Crippen LogP contribution in [-0.2, 0) is 73.0 Å². The fraction of sp³-hybridized carbons (Fsp3) is 0.391. The van der Waals surface area contributed by atoms with Crippen molar-refractivity contribution in [3.63, 3.8) is 0 Å². The van der Waals surface area contributed by atoms with Gasteiger partial charge in [0.25, 0.3) is 0 Å². The van der Waals surface area contributed by atoms with Crippen LogP contribution in [0, 0.1) is 41.5 Å². The van der Waals surface area contributed by atoms with E-state index in [1.807, 2.05) is 77.1 Å². The van der Waals surface area contributed by atoms with Crippen LogP contribution >= 0.6 is 28.3 Å². The van der Waals surface area contributed by atoms with Gasteiger partial charge in [-0.25, -0.2) is 19.3 Å². The van der Waals surface area contributed by atoms with Gasteiger partial charge in [-0.15, -0.1) is 12.4 Å². The highest BCUT2D eigenvalue weighted by Gasteiger charge is 2.28. The van der Waals surface area contributed by atoms with Crippen molar-refractivity contribution in [2.75, 3.05) is 41.2 Å². The highest BCUT2D eigenvalue weighted by molar-refractivity contribution is 9.10. The summed E-state index contributed by atoms with van der Waals surface area (Å²) < 4.78 is 55.1. The highest BCUT2D eigenvalue weighted by Crippen LogP contribution is 2.37. The van der Waals surface area contributed by atoms with Gasteiger partial charge in [0.1, 0.15) is 46.0 Å². The molecular weight excluding hydrogens is 1260 g/mol. The number of aliphatic hydroxyl groups excluding tert-OH is 2. The number of aliphatic hydroxyl groups is 2. The number of imidazole rings is 3. The minimum atomic E-state index is -1.50. The average molecular weight is 1340 g/mol. The lowest BCUT2D eigenvalue weighted by Gasteiger charge is -2.14. The molecule has 92 heavy (non-hydrogen) atoms. The van der Waals surface area contributed by atoms with Crippen LogP contribution in [0.25, 0.3) is 56.7 Å². The molecule has 4 N–H and O–H groups in total. The number of alkyl halides is 1. The van der Waals surface area contributed by atoms with Crippen molar-refractivity contribution in [3.8, 4) is 73.9 Å². The Balaban J connectivity index is 0.000000164. The summed E-state index contributed by atoms with van der Waals surface area (Å²) in [5.41, 5.74) is 17.7. The van der Waals surface area contributed by atoms with Crippen molar-refractivity contribution < 1.29 is 53.1 Å². The summed E-state index contributed by atoms with van der Waals surface area (Å²) in [5, 5.41) is 36.0. The van der Waals surface area contributed by atoms with Crippen LogP contribution in [0.15, 0.2) is 95.6 Å². The zero-order valence-electron chi connectivity index (χ0n) is 54.4. The maximum atomic E-state index is 13.3. The molecule has 9 heterocycles. The summed E-state index contributed by atoms with van der Waals surface area (Å²) in [4.78, 5) is 27.4. The number of hydrogen-bond donors (Lipinski definition) is 4. The number of ether oxygens (including phenoxy) is 6. The maximum absolute atomic E-state index is 13.3. The quantitative estimate of drug-likeness (QED) is 0.0834. The predicted molar refractivity (Wildman–Crippen MR) is 361 cm³/mol. The van der Waals surface area contributed by atoms with E-state index in [1.165, 1.54) is 11.8 Å². The summed E-state index contributed by atoms with van der Waals surface area (Å²) in [6.07, 6.45) is 2.80. The molecule has 3 atom stereocenters. The van der Waals surface area contributed by atoms with Gasteiger partial charge in [-0.2, -0.15) is 0 Å². The third-order valence-corrected chi connectivity index (χ3v) is 16.7. The lowest BCUT2D eigenvalue weighted by molar-refractivity contribution is 0.0664. The summed E-state index contributed by atoms with van der Waals surface area (Å²) in [5.74, 6) is 5.32. The predicted octanol–water partition coefficient (Wildman–Crippen LogP) is 10.9. The number of nitrogens with zero attached hydrogens (tertiary/aromatic N) is 9. The van der Waals surface area contributed by atoms with Crippen LogP contribution in [0.2, 0.25) is 0 Å². The van der Waals surface area contributed by atoms with Crippen molar-refractivity contribution in [1.82, 2.24) is 43.6 Å². The third-order valence-electron chi connectivity index (χ3n) is 16.1. The first-order chi connectivity index (χ1) is 43.7. The Bertz CT molecular complexity index is 3840. The molecular formula is C69H83BBrClFN9O10. The number of rotatable bonds is 12. The van der Waals surface area contributed by atoms with Crippen LogP contribution in [0.3, 0.4) is 0 Å². The number of pyridine rings is 3. The van der Waals surface area contributed by atoms with E-state index >= 15 is 0 Å². The zero-order valence-corrected chi connectivity index (χ0v) is 56.8. The lowest BCUT2D eigenvalue weighted by atomic mass is 9.80. The van der Waals surface area contributed by atoms with Crippen molar-refractivity contribution in [1.29, 1.82) is 0 Å². The smallest absolute Gasteiger partial charge is 0.488 e. The summed E-state index contributed by atoms with van der Waals surface area (Å²) in [6, 6.07) is 29.3. The van der Waals surface area contributed by atoms with Gasteiger partial charge in [0, 0.05) is 75.5 Å². The number of hydrogen-bond acceptors (Lipinski definition) is 16. The molecule has 0 fully saturated rings. The van der Waals surface area contributed by atoms with Gasteiger partial charge in [-0.1, -0.05) is 36.4 Å². The molecule has 9 aromatic rings. The van der Waals surface area contributed by atoms with E-state index in [0.29, 0.717) is 48.0 Å². The average Bonchev–Trinajstić information content (AvgIpc) is 1.68. The van der Waals surface area contributed by atoms with Gasteiger partial charge in [-0.3, -0.25) is 15.0 Å². The normalized spacial score (nSPS) is 15.8. The fourth-order valence-electron chi connectivity index (χ4n) is 11.7. The van der Waals surface area contributed by atoms with E-state index < -0.39 is 13.8 Å². The molecule has 3 aromatic carbocycles. The second-order valence-electron chi connectivity index (χ2n) is 23.1. The summed E-state index contributed by atoms with van der Waals surface area (Å²) in [6.45, 7) is 21.4. The first-order valence-electron chi connectivity index (χ1n) is 30.5. The SMILES string of the molecule is COc1cc(-c2nc(-c3cc(C)nc(CF)c3)c3n2C[C@@H](C)OCC3)ccc1C.COc1cc(-c2nc(-c3cc(C)nc(CO)c3)c3n2C[C@@H](C)OCC3)ccc1C.COc1cc(-c2nc(Br)c3n2C[C@@H](C)OCC3)ccc1C.Cc1cc(B(O)O)cc(CO)n1.Cl. The van der Waals surface area contributed by atoms with Crippen molar-refractivity contribution >= 4 is 40.9 Å². The Morgan fingerprint density at radius 1 is 0.489 bits per heavy atom. The minimum absolute atomic E-state index is 0. The number of halogens is 3. The summed E-state index contributed by atoms with van der Waals surface area (Å²) >= 11 is 3.59. The largest absolute Gasteiger partial charge is 0.496 e. The van der Waals surface area contributed by atoms with E-state index in [-0.39, 0.29) is 43.9 Å². The zero-order chi connectivity index (χ0) is 65.2. The fourth-order valence-corrected chi connectivity index (χ4v) is 12.2. The summed E-state index contributed by atoms with van der Waals surface area (Å²) in [7, 11) is 3.56. The number of methoxy groups -OCH3 is 3. The van der Waals surface area contributed by atoms with Crippen molar-refractivity contribution in [2.45, 2.75) is 139 Å². The van der Waals surface area contributed by atoms with Crippen molar-refractivity contribution in [3.05, 3.63) is 164 Å². The molecule has 0 aliphatic carbocycles. The molecule has 23 heteroatoms. The standard InChI is InChI=1S/C23H26FN3O2.C23H27N3O3.C16H19BrN2O2.C7H10BNO3.ClH/c1-14-5-6-17(11-21(14)28-4)23-26-22(18-9-15(2)25-19(10-18)12-24)20-7-8-29-16(3)13-27(20)23;1-14-5-6-17(11-21(14)28-4)23-25-22(18-9-15(2)24-19(10-18)13-27)20-7-8-29-16(3)12-26(20)23;1-10-4-5-12(8-14(10)20-3)16-18-15(17)13-6-7-21-11(2)9-19(13)16;1-5-2-6(8(11)12)3-7(4-10)9-5;/h5-6,9-11,16H,7-8,12-13H2,1-4H3;5-6,9-11,16,27H,7-8,12-13H2,1-4H3;4-5,8,11H,6-7,9H2,1-3H3;2-3,10-12H,4H2,1H3;1H/t2*16-;11-;;/m111../s1. The van der Waals surface area contributed by atoms with Gasteiger partial charge in [0.2, 0.25) is 0 Å². The van der Waals surface area contributed by atoms with E-state index in [1.54, 1.807) is 40.4 Å². The number of benzene rings is 3. The molecule has 0 saturated heterocycles. The Labute approximate surface area is 552 Å². The second kappa shape index (κ2) is 32.0. The number of fused-ring (bicyclic) bond motifs is 3. The van der Waals surface area contributed by atoms with Crippen LogP contribution < -0.4 is 19.7 Å². The topological polar surface area (TPSA) is 228 Å². The first kappa shape index (κ1) is 70.5. The number of aryl methyl sites for hydroxylation is 6. The second-order valence-corrected chi connectivity index (χ2v) is 23.9. The Kier molecular flexibility index (Phi) is 24.5.